The molecule has 26 heavy (non-hydrogen) atoms. The number of hydrogen-bond donors (Lipinski definition) is 2. The number of benzene rings is 2. The van der Waals surface area contributed by atoms with Gasteiger partial charge in [-0.05, 0) is 74.1 Å². The SMILES string of the molecule is Cc1ccc(-c2cc(C(=O)NC(C)C)cc(C(O)CC(C)C)c2)c(F)c1. The smallest absolute Gasteiger partial charge is 0.251 e. The molecule has 0 aliphatic carbocycles. The van der Waals surface area contributed by atoms with Crippen molar-refractivity contribution in [3.05, 3.63) is 58.9 Å². The molecule has 1 atom stereocenters. The van der Waals surface area contributed by atoms with E-state index in [1.54, 1.807) is 24.3 Å². The van der Waals surface area contributed by atoms with Gasteiger partial charge in [-0.25, -0.2) is 4.39 Å². The molecule has 0 aliphatic heterocycles. The number of nitrogens with one attached hydrogen (secondary N) is 1. The van der Waals surface area contributed by atoms with Crippen LogP contribution in [0, 0.1) is 18.7 Å². The van der Waals surface area contributed by atoms with Crippen LogP contribution >= 0.6 is 0 Å². The average molecular weight is 357 g/mol. The summed E-state index contributed by atoms with van der Waals surface area (Å²) in [7, 11) is 0. The summed E-state index contributed by atoms with van der Waals surface area (Å²) in [6.07, 6.45) is -0.125. The summed E-state index contributed by atoms with van der Waals surface area (Å²) >= 11 is 0. The van der Waals surface area contributed by atoms with Gasteiger partial charge < -0.3 is 10.4 Å². The summed E-state index contributed by atoms with van der Waals surface area (Å²) in [5, 5.41) is 13.4. The number of aryl methyl sites for hydroxylation is 1. The van der Waals surface area contributed by atoms with Gasteiger partial charge in [0, 0.05) is 17.2 Å². The lowest BCUT2D eigenvalue weighted by molar-refractivity contribution is 0.0942. The summed E-state index contributed by atoms with van der Waals surface area (Å²) in [4.78, 5) is 12.5. The molecule has 0 saturated carbocycles. The second kappa shape index (κ2) is 8.45. The van der Waals surface area contributed by atoms with Crippen LogP contribution in [0.3, 0.4) is 0 Å². The van der Waals surface area contributed by atoms with Crippen molar-refractivity contribution in [2.24, 2.45) is 5.92 Å². The summed E-state index contributed by atoms with van der Waals surface area (Å²) in [5.74, 6) is -0.263. The average Bonchev–Trinajstić information content (AvgIpc) is 2.53. The molecule has 2 rings (SSSR count). The van der Waals surface area contributed by atoms with E-state index in [-0.39, 0.29) is 17.8 Å². The molecule has 4 heteroatoms. The largest absolute Gasteiger partial charge is 0.388 e. The minimum Gasteiger partial charge on any atom is -0.388 e. The maximum Gasteiger partial charge on any atom is 0.251 e. The van der Waals surface area contributed by atoms with Gasteiger partial charge >= 0.3 is 0 Å². The Labute approximate surface area is 155 Å². The molecule has 0 heterocycles. The van der Waals surface area contributed by atoms with E-state index in [1.165, 1.54) is 6.07 Å². The first-order valence-corrected chi connectivity index (χ1v) is 9.07. The van der Waals surface area contributed by atoms with Crippen LogP contribution in [-0.4, -0.2) is 17.1 Å². The zero-order valence-electron chi connectivity index (χ0n) is 16.1. The molecule has 140 valence electrons. The third-order valence-corrected chi connectivity index (χ3v) is 4.15. The van der Waals surface area contributed by atoms with E-state index in [1.807, 2.05) is 40.7 Å². The molecule has 1 amide bonds. The van der Waals surface area contributed by atoms with E-state index in [2.05, 4.69) is 5.32 Å². The highest BCUT2D eigenvalue weighted by Gasteiger charge is 2.17. The Hall–Kier alpha value is -2.20. The highest BCUT2D eigenvalue weighted by atomic mass is 19.1. The molecule has 0 bridgehead atoms. The predicted molar refractivity (Wildman–Crippen MR) is 104 cm³/mol. The van der Waals surface area contributed by atoms with Crippen molar-refractivity contribution in [1.29, 1.82) is 0 Å². The Kier molecular flexibility index (Phi) is 6.54. The predicted octanol–water partition coefficient (Wildman–Crippen LogP) is 5.02. The van der Waals surface area contributed by atoms with Crippen molar-refractivity contribution in [1.82, 2.24) is 5.32 Å². The molecule has 2 aromatic carbocycles. The number of hydrogen-bond acceptors (Lipinski definition) is 2. The van der Waals surface area contributed by atoms with Crippen LogP contribution < -0.4 is 5.32 Å². The molecule has 2 aromatic rings. The molecular formula is C22H28FNO2. The van der Waals surface area contributed by atoms with Gasteiger partial charge in [0.25, 0.3) is 5.91 Å². The highest BCUT2D eigenvalue weighted by Crippen LogP contribution is 2.30. The van der Waals surface area contributed by atoms with Crippen LogP contribution in [0.15, 0.2) is 36.4 Å². The maximum atomic E-state index is 14.5. The molecule has 1 unspecified atom stereocenters. The Morgan fingerprint density at radius 2 is 1.81 bits per heavy atom. The third kappa shape index (κ3) is 5.15. The lowest BCUT2D eigenvalue weighted by Crippen LogP contribution is -2.30. The topological polar surface area (TPSA) is 49.3 Å². The number of aliphatic hydroxyl groups excluding tert-OH is 1. The van der Waals surface area contributed by atoms with E-state index < -0.39 is 6.10 Å². The number of rotatable bonds is 6. The molecule has 0 aromatic heterocycles. The minimum atomic E-state index is -0.700. The fraction of sp³-hybridized carbons (Fsp3) is 0.409. The van der Waals surface area contributed by atoms with Crippen molar-refractivity contribution < 1.29 is 14.3 Å². The fourth-order valence-corrected chi connectivity index (χ4v) is 2.91. The highest BCUT2D eigenvalue weighted by molar-refractivity contribution is 5.96. The number of aliphatic hydroxyl groups is 1. The van der Waals surface area contributed by atoms with Crippen LogP contribution in [0.4, 0.5) is 4.39 Å². The zero-order chi connectivity index (χ0) is 19.4. The van der Waals surface area contributed by atoms with Gasteiger partial charge in [-0.2, -0.15) is 0 Å². The van der Waals surface area contributed by atoms with Gasteiger partial charge in [0.05, 0.1) is 6.10 Å². The minimum absolute atomic E-state index is 0.00805. The van der Waals surface area contributed by atoms with Crippen molar-refractivity contribution >= 4 is 5.91 Å². The van der Waals surface area contributed by atoms with Crippen LogP contribution in [0.5, 0.6) is 0 Å². The van der Waals surface area contributed by atoms with E-state index >= 15 is 0 Å². The first-order valence-electron chi connectivity index (χ1n) is 9.07. The van der Waals surface area contributed by atoms with E-state index in [0.29, 0.717) is 34.6 Å². The quantitative estimate of drug-likeness (QED) is 0.763. The Balaban J connectivity index is 2.54. The van der Waals surface area contributed by atoms with Crippen LogP contribution in [0.25, 0.3) is 11.1 Å². The summed E-state index contributed by atoms with van der Waals surface area (Å²) in [6, 6.07) is 10.2. The van der Waals surface area contributed by atoms with Crippen LogP contribution in [0.1, 0.15) is 61.7 Å². The first-order chi connectivity index (χ1) is 12.2. The number of carbonyl (C=O) groups excluding carboxylic acids is 1. The maximum absolute atomic E-state index is 14.5. The van der Waals surface area contributed by atoms with Crippen LogP contribution in [-0.2, 0) is 0 Å². The second-order valence-electron chi connectivity index (χ2n) is 7.60. The lowest BCUT2D eigenvalue weighted by Gasteiger charge is -2.17. The van der Waals surface area contributed by atoms with Crippen molar-refractivity contribution in [2.75, 3.05) is 0 Å². The van der Waals surface area contributed by atoms with Gasteiger partial charge in [-0.1, -0.05) is 26.0 Å². The Bertz CT molecular complexity index is 784. The second-order valence-corrected chi connectivity index (χ2v) is 7.60. The molecule has 3 nitrogen and oxygen atoms in total. The van der Waals surface area contributed by atoms with Crippen molar-refractivity contribution in [3.8, 4) is 11.1 Å². The van der Waals surface area contributed by atoms with Crippen molar-refractivity contribution in [3.63, 3.8) is 0 Å². The standard InChI is InChI=1S/C22H28FNO2/c1-13(2)8-21(25)17-10-16(19-7-6-15(5)9-20(19)23)11-18(12-17)22(26)24-14(3)4/h6-7,9-14,21,25H,8H2,1-5H3,(H,24,26). The molecule has 2 N–H and O–H groups in total. The monoisotopic (exact) mass is 357 g/mol. The van der Waals surface area contributed by atoms with E-state index in [9.17, 15) is 14.3 Å². The number of amides is 1. The first kappa shape index (κ1) is 20.1. The van der Waals surface area contributed by atoms with E-state index in [0.717, 1.165) is 5.56 Å². The molecule has 0 saturated heterocycles. The molecular weight excluding hydrogens is 329 g/mol. The Morgan fingerprint density at radius 1 is 1.12 bits per heavy atom. The number of carbonyl (C=O) groups is 1. The number of halogens is 1. The molecule has 0 aliphatic rings. The lowest BCUT2D eigenvalue weighted by atomic mass is 9.93. The van der Waals surface area contributed by atoms with Gasteiger partial charge in [-0.3, -0.25) is 4.79 Å². The summed E-state index contributed by atoms with van der Waals surface area (Å²) < 4.78 is 14.5. The zero-order valence-corrected chi connectivity index (χ0v) is 16.1. The van der Waals surface area contributed by atoms with Gasteiger partial charge in [0.1, 0.15) is 5.82 Å². The van der Waals surface area contributed by atoms with Gasteiger partial charge in [-0.15, -0.1) is 0 Å². The Morgan fingerprint density at radius 3 is 2.38 bits per heavy atom. The summed E-state index contributed by atoms with van der Waals surface area (Å²) in [6.45, 7) is 9.65. The fourth-order valence-electron chi connectivity index (χ4n) is 2.91. The molecule has 0 radical (unpaired) electrons. The van der Waals surface area contributed by atoms with Crippen molar-refractivity contribution in [2.45, 2.75) is 53.2 Å². The van der Waals surface area contributed by atoms with Gasteiger partial charge in [0.2, 0.25) is 0 Å². The normalized spacial score (nSPS) is 12.5. The third-order valence-electron chi connectivity index (χ3n) is 4.15. The molecule has 0 spiro atoms. The molecule has 0 fully saturated rings. The van der Waals surface area contributed by atoms with Gasteiger partial charge in [0.15, 0.2) is 0 Å². The summed E-state index contributed by atoms with van der Waals surface area (Å²) in [5.41, 5.74) is 2.91. The van der Waals surface area contributed by atoms with Crippen LogP contribution in [0.2, 0.25) is 0 Å². The van der Waals surface area contributed by atoms with E-state index in [4.69, 9.17) is 0 Å².